The van der Waals surface area contributed by atoms with Crippen molar-refractivity contribution >= 4 is 12.1 Å². The van der Waals surface area contributed by atoms with E-state index in [-0.39, 0.29) is 13.1 Å². The smallest absolute Gasteiger partial charge is 0.415 e. The summed E-state index contributed by atoms with van der Waals surface area (Å²) in [6, 6.07) is 10.2. The number of nitriles is 1. The summed E-state index contributed by atoms with van der Waals surface area (Å²) in [6.07, 6.45) is -0.894. The van der Waals surface area contributed by atoms with Crippen LogP contribution in [-0.4, -0.2) is 35.2 Å². The molecule has 3 amide bonds. The molecule has 6 nitrogen and oxygen atoms in total. The molecule has 0 aliphatic rings. The van der Waals surface area contributed by atoms with Crippen molar-refractivity contribution in [1.82, 2.24) is 10.2 Å². The standard InChI is InChI=1S/C12H13N3O3/c13-7-8-14-11(16)15(12(17)18)9-6-10-4-2-1-3-5-10/h1-5H,6,8-9H2,(H,14,16)(H,17,18). The molecule has 0 saturated carbocycles. The molecule has 0 fully saturated rings. The summed E-state index contributed by atoms with van der Waals surface area (Å²) < 4.78 is 0. The molecule has 1 aromatic rings. The van der Waals surface area contributed by atoms with E-state index in [4.69, 9.17) is 10.4 Å². The Morgan fingerprint density at radius 2 is 2.00 bits per heavy atom. The first-order valence-corrected chi connectivity index (χ1v) is 5.34. The topological polar surface area (TPSA) is 93.4 Å². The Hall–Kier alpha value is -2.55. The summed E-state index contributed by atoms with van der Waals surface area (Å²) in [7, 11) is 0. The molecule has 0 aliphatic carbocycles. The number of amides is 3. The van der Waals surface area contributed by atoms with Crippen LogP contribution in [0.4, 0.5) is 9.59 Å². The molecule has 18 heavy (non-hydrogen) atoms. The summed E-state index contributed by atoms with van der Waals surface area (Å²) in [5.41, 5.74) is 0.942. The van der Waals surface area contributed by atoms with E-state index >= 15 is 0 Å². The maximum absolute atomic E-state index is 11.4. The van der Waals surface area contributed by atoms with Crippen LogP contribution < -0.4 is 5.32 Å². The van der Waals surface area contributed by atoms with Crippen LogP contribution in [0.15, 0.2) is 30.3 Å². The van der Waals surface area contributed by atoms with Gasteiger partial charge in [0, 0.05) is 6.54 Å². The zero-order valence-electron chi connectivity index (χ0n) is 9.67. The van der Waals surface area contributed by atoms with E-state index < -0.39 is 12.1 Å². The highest BCUT2D eigenvalue weighted by Gasteiger charge is 2.19. The lowest BCUT2D eigenvalue weighted by molar-refractivity contribution is 0.148. The number of hydrogen-bond acceptors (Lipinski definition) is 3. The molecular formula is C12H13N3O3. The van der Waals surface area contributed by atoms with Crippen molar-refractivity contribution < 1.29 is 14.7 Å². The second-order valence-electron chi connectivity index (χ2n) is 3.49. The maximum Gasteiger partial charge on any atom is 0.415 e. The van der Waals surface area contributed by atoms with E-state index in [1.54, 1.807) is 6.07 Å². The lowest BCUT2D eigenvalue weighted by Gasteiger charge is -2.16. The molecule has 1 rings (SSSR count). The molecule has 0 atom stereocenters. The molecule has 94 valence electrons. The van der Waals surface area contributed by atoms with Gasteiger partial charge in [0.2, 0.25) is 0 Å². The summed E-state index contributed by atoms with van der Waals surface area (Å²) in [6.45, 7) is -0.162. The lowest BCUT2D eigenvalue weighted by Crippen LogP contribution is -2.44. The molecule has 6 heteroatoms. The normalized spacial score (nSPS) is 9.28. The van der Waals surface area contributed by atoms with Crippen molar-refractivity contribution in [2.45, 2.75) is 6.42 Å². The Balaban J connectivity index is 2.56. The Bertz CT molecular complexity index is 453. The Morgan fingerprint density at radius 3 is 2.56 bits per heavy atom. The summed E-state index contributed by atoms with van der Waals surface area (Å²) >= 11 is 0. The number of carboxylic acid groups (broad SMARTS) is 1. The number of urea groups is 1. The highest BCUT2D eigenvalue weighted by atomic mass is 16.4. The minimum atomic E-state index is -1.33. The van der Waals surface area contributed by atoms with Crippen molar-refractivity contribution in [3.05, 3.63) is 35.9 Å². The van der Waals surface area contributed by atoms with Crippen LogP contribution in [0.2, 0.25) is 0 Å². The van der Waals surface area contributed by atoms with Gasteiger partial charge in [-0.2, -0.15) is 5.26 Å². The minimum Gasteiger partial charge on any atom is -0.465 e. The van der Waals surface area contributed by atoms with Crippen molar-refractivity contribution in [3.8, 4) is 6.07 Å². The van der Waals surface area contributed by atoms with Crippen LogP contribution in [-0.2, 0) is 6.42 Å². The first-order chi connectivity index (χ1) is 8.65. The van der Waals surface area contributed by atoms with Gasteiger partial charge >= 0.3 is 12.1 Å². The molecule has 0 heterocycles. The van der Waals surface area contributed by atoms with E-state index in [9.17, 15) is 9.59 Å². The van der Waals surface area contributed by atoms with E-state index in [0.717, 1.165) is 5.56 Å². The van der Waals surface area contributed by atoms with Crippen LogP contribution >= 0.6 is 0 Å². The first kappa shape index (κ1) is 13.5. The maximum atomic E-state index is 11.4. The zero-order valence-corrected chi connectivity index (χ0v) is 9.67. The fourth-order valence-corrected chi connectivity index (χ4v) is 1.38. The third kappa shape index (κ3) is 4.14. The van der Waals surface area contributed by atoms with Gasteiger partial charge in [0.15, 0.2) is 0 Å². The molecule has 0 aliphatic heterocycles. The SMILES string of the molecule is N#CCNC(=O)N(CCc1ccccc1)C(=O)O. The molecule has 0 saturated heterocycles. The highest BCUT2D eigenvalue weighted by Crippen LogP contribution is 2.02. The molecule has 0 spiro atoms. The zero-order chi connectivity index (χ0) is 13.4. The van der Waals surface area contributed by atoms with E-state index in [1.807, 2.05) is 30.3 Å². The Morgan fingerprint density at radius 1 is 1.33 bits per heavy atom. The van der Waals surface area contributed by atoms with Crippen LogP contribution in [0.5, 0.6) is 0 Å². The van der Waals surface area contributed by atoms with Gasteiger partial charge in [0.1, 0.15) is 6.54 Å². The Labute approximate surface area is 104 Å². The lowest BCUT2D eigenvalue weighted by atomic mass is 10.1. The number of carbonyl (C=O) groups excluding carboxylic acids is 1. The molecule has 0 radical (unpaired) electrons. The number of nitrogens with zero attached hydrogens (tertiary/aromatic N) is 2. The Kier molecular flexibility index (Phi) is 5.19. The molecular weight excluding hydrogens is 234 g/mol. The van der Waals surface area contributed by atoms with Crippen molar-refractivity contribution in [2.24, 2.45) is 0 Å². The summed E-state index contributed by atoms with van der Waals surface area (Å²) in [5.74, 6) is 0. The van der Waals surface area contributed by atoms with E-state index in [2.05, 4.69) is 5.32 Å². The van der Waals surface area contributed by atoms with Gasteiger partial charge in [-0.25, -0.2) is 14.5 Å². The molecule has 0 unspecified atom stereocenters. The first-order valence-electron chi connectivity index (χ1n) is 5.34. The van der Waals surface area contributed by atoms with Gasteiger partial charge in [0.25, 0.3) is 0 Å². The predicted octanol–water partition coefficient (Wildman–Crippen LogP) is 1.44. The second kappa shape index (κ2) is 6.91. The van der Waals surface area contributed by atoms with Crippen LogP contribution in [0.25, 0.3) is 0 Å². The van der Waals surface area contributed by atoms with Gasteiger partial charge in [0.05, 0.1) is 6.07 Å². The third-order valence-corrected chi connectivity index (χ3v) is 2.26. The number of nitrogens with one attached hydrogen (secondary N) is 1. The van der Waals surface area contributed by atoms with E-state index in [1.165, 1.54) is 0 Å². The van der Waals surface area contributed by atoms with Gasteiger partial charge in [-0.3, -0.25) is 0 Å². The predicted molar refractivity (Wildman–Crippen MR) is 63.9 cm³/mol. The van der Waals surface area contributed by atoms with Gasteiger partial charge in [-0.15, -0.1) is 0 Å². The van der Waals surface area contributed by atoms with Crippen LogP contribution in [0, 0.1) is 11.3 Å². The largest absolute Gasteiger partial charge is 0.465 e. The van der Waals surface area contributed by atoms with Gasteiger partial charge in [-0.1, -0.05) is 30.3 Å². The van der Waals surface area contributed by atoms with Crippen molar-refractivity contribution in [3.63, 3.8) is 0 Å². The average Bonchev–Trinajstić information content (AvgIpc) is 2.37. The average molecular weight is 247 g/mol. The van der Waals surface area contributed by atoms with E-state index in [0.29, 0.717) is 11.3 Å². The number of hydrogen-bond donors (Lipinski definition) is 2. The number of carbonyl (C=O) groups is 2. The van der Waals surface area contributed by atoms with Crippen LogP contribution in [0.1, 0.15) is 5.56 Å². The third-order valence-electron chi connectivity index (χ3n) is 2.26. The number of imide groups is 1. The fourth-order valence-electron chi connectivity index (χ4n) is 1.38. The molecule has 0 aromatic heterocycles. The molecule has 0 bridgehead atoms. The fraction of sp³-hybridized carbons (Fsp3) is 0.250. The monoisotopic (exact) mass is 247 g/mol. The van der Waals surface area contributed by atoms with Crippen LogP contribution in [0.3, 0.4) is 0 Å². The van der Waals surface area contributed by atoms with Crippen molar-refractivity contribution in [2.75, 3.05) is 13.1 Å². The van der Waals surface area contributed by atoms with Gasteiger partial charge in [-0.05, 0) is 12.0 Å². The van der Waals surface area contributed by atoms with Gasteiger partial charge < -0.3 is 10.4 Å². The summed E-state index contributed by atoms with van der Waals surface area (Å²) in [5, 5.41) is 19.4. The molecule has 2 N–H and O–H groups in total. The second-order valence-corrected chi connectivity index (χ2v) is 3.49. The minimum absolute atomic E-state index is 0.0522. The highest BCUT2D eigenvalue weighted by molar-refractivity contribution is 5.90. The van der Waals surface area contributed by atoms with Crippen molar-refractivity contribution in [1.29, 1.82) is 5.26 Å². The quantitative estimate of drug-likeness (QED) is 0.787. The summed E-state index contributed by atoms with van der Waals surface area (Å²) in [4.78, 5) is 23.0. The number of benzene rings is 1. The number of rotatable bonds is 4. The molecule has 1 aromatic carbocycles.